The molecule has 9 heteroatoms. The van der Waals surface area contributed by atoms with Crippen LogP contribution in [0.15, 0.2) is 15.3 Å². The fourth-order valence-electron chi connectivity index (χ4n) is 3.75. The molecule has 0 aliphatic carbocycles. The molecule has 8 nitrogen and oxygen atoms in total. The van der Waals surface area contributed by atoms with Crippen LogP contribution in [-0.2, 0) is 23.1 Å². The Bertz CT molecular complexity index is 822. The molecule has 28 heavy (non-hydrogen) atoms. The highest BCUT2D eigenvalue weighted by atomic mass is 32.2. The first-order chi connectivity index (χ1) is 13.3. The maximum atomic E-state index is 12.3. The standard InChI is InChI=1S/C19H31N3O5S/c1-15(2)28(25,26)22-10-8-21(9-11-22)14-18-19(24)17(23)12-16(27-18)13-20-6-4-3-5-7-20/h12,15,24H,3-11,13-14H2,1-2H3. The highest BCUT2D eigenvalue weighted by Gasteiger charge is 2.30. The monoisotopic (exact) mass is 413 g/mol. The van der Waals surface area contributed by atoms with Gasteiger partial charge in [0.05, 0.1) is 18.3 Å². The van der Waals surface area contributed by atoms with Crippen LogP contribution in [-0.4, -0.2) is 72.1 Å². The van der Waals surface area contributed by atoms with Crippen molar-refractivity contribution in [2.45, 2.75) is 51.4 Å². The van der Waals surface area contributed by atoms with Gasteiger partial charge in [0.15, 0.2) is 5.76 Å². The third-order valence-electron chi connectivity index (χ3n) is 5.53. The Labute approximate surface area is 166 Å². The molecule has 3 heterocycles. The van der Waals surface area contributed by atoms with Crippen molar-refractivity contribution < 1.29 is 17.9 Å². The van der Waals surface area contributed by atoms with Crippen LogP contribution in [0.1, 0.15) is 44.6 Å². The highest BCUT2D eigenvalue weighted by molar-refractivity contribution is 7.89. The Balaban J connectivity index is 1.65. The number of likely N-dealkylation sites (tertiary alicyclic amines) is 1. The Morgan fingerprint density at radius 1 is 1.00 bits per heavy atom. The van der Waals surface area contributed by atoms with Crippen molar-refractivity contribution in [3.05, 3.63) is 27.8 Å². The maximum Gasteiger partial charge on any atom is 0.227 e. The number of aromatic hydroxyl groups is 1. The number of piperidine rings is 1. The third-order valence-corrected chi connectivity index (χ3v) is 7.80. The van der Waals surface area contributed by atoms with Crippen molar-refractivity contribution in [1.29, 1.82) is 0 Å². The van der Waals surface area contributed by atoms with Gasteiger partial charge >= 0.3 is 0 Å². The van der Waals surface area contributed by atoms with Crippen molar-refractivity contribution in [2.75, 3.05) is 39.3 Å². The minimum absolute atomic E-state index is 0.264. The van der Waals surface area contributed by atoms with Crippen LogP contribution in [0.25, 0.3) is 0 Å². The van der Waals surface area contributed by atoms with Crippen molar-refractivity contribution in [3.63, 3.8) is 0 Å². The second kappa shape index (κ2) is 8.94. The van der Waals surface area contributed by atoms with E-state index in [9.17, 15) is 18.3 Å². The molecule has 2 fully saturated rings. The third kappa shape index (κ3) is 4.94. The zero-order valence-electron chi connectivity index (χ0n) is 16.8. The summed E-state index contributed by atoms with van der Waals surface area (Å²) in [6.07, 6.45) is 3.54. The van der Waals surface area contributed by atoms with E-state index in [1.165, 1.54) is 16.8 Å². The van der Waals surface area contributed by atoms with Gasteiger partial charge in [0, 0.05) is 32.2 Å². The van der Waals surface area contributed by atoms with E-state index in [2.05, 4.69) is 4.90 Å². The summed E-state index contributed by atoms with van der Waals surface area (Å²) in [5.41, 5.74) is -0.422. The van der Waals surface area contributed by atoms with Gasteiger partial charge in [0.2, 0.25) is 21.2 Å². The maximum absolute atomic E-state index is 12.3. The average Bonchev–Trinajstić information content (AvgIpc) is 2.67. The normalized spacial score (nSPS) is 20.7. The Hall–Kier alpha value is -1.42. The number of hydrogen-bond acceptors (Lipinski definition) is 7. The molecular formula is C19H31N3O5S. The Morgan fingerprint density at radius 2 is 1.61 bits per heavy atom. The molecule has 0 atom stereocenters. The van der Waals surface area contributed by atoms with Gasteiger partial charge in [-0.2, -0.15) is 4.31 Å². The van der Waals surface area contributed by atoms with E-state index in [0.717, 1.165) is 25.9 Å². The molecule has 0 saturated carbocycles. The van der Waals surface area contributed by atoms with Crippen LogP contribution < -0.4 is 5.43 Å². The average molecular weight is 414 g/mol. The predicted octanol–water partition coefficient (Wildman–Crippen LogP) is 1.19. The number of nitrogens with zero attached hydrogens (tertiary/aromatic N) is 3. The van der Waals surface area contributed by atoms with Crippen LogP contribution in [0.5, 0.6) is 5.75 Å². The van der Waals surface area contributed by atoms with Crippen LogP contribution >= 0.6 is 0 Å². The summed E-state index contributed by atoms with van der Waals surface area (Å²) >= 11 is 0. The van der Waals surface area contributed by atoms with Crippen molar-refractivity contribution in [1.82, 2.24) is 14.1 Å². The largest absolute Gasteiger partial charge is 0.502 e. The summed E-state index contributed by atoms with van der Waals surface area (Å²) in [5.74, 6) is 0.486. The topological polar surface area (TPSA) is 94.3 Å². The molecule has 1 aromatic rings. The predicted molar refractivity (Wildman–Crippen MR) is 107 cm³/mol. The van der Waals surface area contributed by atoms with E-state index in [0.29, 0.717) is 45.0 Å². The summed E-state index contributed by atoms with van der Waals surface area (Å²) in [4.78, 5) is 16.4. The van der Waals surface area contributed by atoms with Gasteiger partial charge < -0.3 is 9.52 Å². The number of hydrogen-bond donors (Lipinski definition) is 1. The smallest absolute Gasteiger partial charge is 0.227 e. The highest BCUT2D eigenvalue weighted by Crippen LogP contribution is 2.20. The molecule has 0 spiro atoms. The van der Waals surface area contributed by atoms with Crippen LogP contribution in [0, 0.1) is 0 Å². The van der Waals surface area contributed by atoms with E-state index in [4.69, 9.17) is 4.42 Å². The zero-order valence-corrected chi connectivity index (χ0v) is 17.6. The lowest BCUT2D eigenvalue weighted by Gasteiger charge is -2.34. The minimum Gasteiger partial charge on any atom is -0.502 e. The fraction of sp³-hybridized carbons (Fsp3) is 0.737. The molecule has 3 rings (SSSR count). The second-order valence-electron chi connectivity index (χ2n) is 7.95. The van der Waals surface area contributed by atoms with Gasteiger partial charge in [-0.3, -0.25) is 14.6 Å². The van der Waals surface area contributed by atoms with Gasteiger partial charge in [-0.25, -0.2) is 8.42 Å². The Morgan fingerprint density at radius 3 is 2.21 bits per heavy atom. The van der Waals surface area contributed by atoms with Gasteiger partial charge in [-0.15, -0.1) is 0 Å². The van der Waals surface area contributed by atoms with E-state index >= 15 is 0 Å². The van der Waals surface area contributed by atoms with E-state index < -0.39 is 20.7 Å². The molecule has 0 unspecified atom stereocenters. The summed E-state index contributed by atoms with van der Waals surface area (Å²) in [6.45, 7) is 8.09. The minimum atomic E-state index is -3.26. The molecule has 0 radical (unpaired) electrons. The summed E-state index contributed by atoms with van der Waals surface area (Å²) in [5, 5.41) is 9.72. The van der Waals surface area contributed by atoms with Gasteiger partial charge in [0.25, 0.3) is 0 Å². The number of sulfonamides is 1. The van der Waals surface area contributed by atoms with Gasteiger partial charge in [-0.1, -0.05) is 6.42 Å². The van der Waals surface area contributed by atoms with E-state index in [1.54, 1.807) is 13.8 Å². The molecule has 0 amide bonds. The molecule has 0 bridgehead atoms. The molecule has 2 aliphatic heterocycles. The molecule has 2 saturated heterocycles. The fourth-order valence-corrected chi connectivity index (χ4v) is 5.02. The van der Waals surface area contributed by atoms with E-state index in [-0.39, 0.29) is 11.5 Å². The molecular weight excluding hydrogens is 382 g/mol. The van der Waals surface area contributed by atoms with Crippen LogP contribution in [0.2, 0.25) is 0 Å². The summed E-state index contributed by atoms with van der Waals surface area (Å²) in [7, 11) is -3.26. The van der Waals surface area contributed by atoms with Crippen LogP contribution in [0.3, 0.4) is 0 Å². The molecule has 158 valence electrons. The Kier molecular flexibility index (Phi) is 6.80. The quantitative estimate of drug-likeness (QED) is 0.748. The van der Waals surface area contributed by atoms with Crippen molar-refractivity contribution in [2.24, 2.45) is 0 Å². The molecule has 1 aromatic heterocycles. The lowest BCUT2D eigenvalue weighted by Crippen LogP contribution is -2.50. The second-order valence-corrected chi connectivity index (χ2v) is 10.4. The first-order valence-corrected chi connectivity index (χ1v) is 11.6. The molecule has 0 aromatic carbocycles. The SMILES string of the molecule is CC(C)S(=O)(=O)N1CCN(Cc2oc(CN3CCCCC3)cc(=O)c2O)CC1. The molecule has 1 N–H and O–H groups in total. The van der Waals surface area contributed by atoms with Crippen molar-refractivity contribution in [3.8, 4) is 5.75 Å². The summed E-state index contributed by atoms with van der Waals surface area (Å²) in [6, 6.07) is 1.38. The lowest BCUT2D eigenvalue weighted by atomic mass is 10.1. The van der Waals surface area contributed by atoms with Gasteiger partial charge in [0.1, 0.15) is 5.76 Å². The van der Waals surface area contributed by atoms with Crippen molar-refractivity contribution >= 4 is 10.0 Å². The lowest BCUT2D eigenvalue weighted by molar-refractivity contribution is 0.159. The zero-order chi connectivity index (χ0) is 20.3. The van der Waals surface area contributed by atoms with Crippen LogP contribution in [0.4, 0.5) is 0 Å². The first kappa shape index (κ1) is 21.3. The number of rotatable bonds is 6. The van der Waals surface area contributed by atoms with Gasteiger partial charge in [-0.05, 0) is 39.8 Å². The summed E-state index contributed by atoms with van der Waals surface area (Å²) < 4.78 is 31.9. The first-order valence-electron chi connectivity index (χ1n) is 10.1. The van der Waals surface area contributed by atoms with E-state index in [1.807, 2.05) is 4.90 Å². The molecule has 2 aliphatic rings. The number of piperazine rings is 1.